The zero-order valence-electron chi connectivity index (χ0n) is 10.5. The number of nitrogens with zero attached hydrogens (tertiary/aromatic N) is 1. The fraction of sp³-hybridized carbons (Fsp3) is 0.833. The monoisotopic (exact) mass is 241 g/mol. The molecule has 0 radical (unpaired) electrons. The molecule has 4 N–H and O–H groups in total. The highest BCUT2D eigenvalue weighted by Crippen LogP contribution is 2.21. The molecule has 0 aromatic rings. The summed E-state index contributed by atoms with van der Waals surface area (Å²) < 4.78 is 0. The lowest BCUT2D eigenvalue weighted by Crippen LogP contribution is -2.47. The van der Waals surface area contributed by atoms with Gasteiger partial charge in [-0.3, -0.25) is 9.59 Å². The first-order chi connectivity index (χ1) is 8.02. The van der Waals surface area contributed by atoms with E-state index in [0.29, 0.717) is 0 Å². The van der Waals surface area contributed by atoms with E-state index in [0.717, 1.165) is 25.7 Å². The van der Waals surface area contributed by atoms with E-state index >= 15 is 0 Å². The van der Waals surface area contributed by atoms with Gasteiger partial charge in [-0.05, 0) is 12.8 Å². The van der Waals surface area contributed by atoms with Gasteiger partial charge in [-0.2, -0.15) is 0 Å². The summed E-state index contributed by atoms with van der Waals surface area (Å²) in [6, 6.07) is -0.523. The fourth-order valence-corrected chi connectivity index (χ4v) is 2.39. The smallest absolute Gasteiger partial charge is 0.240 e. The number of primary amides is 1. The second kappa shape index (κ2) is 6.59. The van der Waals surface area contributed by atoms with Gasteiger partial charge in [0.25, 0.3) is 0 Å². The third-order valence-corrected chi connectivity index (χ3v) is 3.46. The largest absolute Gasteiger partial charge is 0.370 e. The molecule has 5 heteroatoms. The highest BCUT2D eigenvalue weighted by atomic mass is 16.2. The maximum absolute atomic E-state index is 12.0. The molecule has 5 nitrogen and oxygen atoms in total. The molecule has 1 aliphatic rings. The molecule has 1 atom stereocenters. The van der Waals surface area contributed by atoms with Gasteiger partial charge in [-0.1, -0.05) is 25.7 Å². The Kier molecular flexibility index (Phi) is 5.41. The average Bonchev–Trinajstić information content (AvgIpc) is 2.54. The summed E-state index contributed by atoms with van der Waals surface area (Å²) in [5, 5.41) is 0. The predicted molar refractivity (Wildman–Crippen MR) is 66.0 cm³/mol. The molecule has 1 rings (SSSR count). The molecule has 0 aliphatic heterocycles. The highest BCUT2D eigenvalue weighted by molar-refractivity contribution is 5.87. The molecule has 0 saturated heterocycles. The molecule has 17 heavy (non-hydrogen) atoms. The summed E-state index contributed by atoms with van der Waals surface area (Å²) >= 11 is 0. The van der Waals surface area contributed by atoms with Crippen LogP contribution in [-0.2, 0) is 9.59 Å². The van der Waals surface area contributed by atoms with Crippen LogP contribution in [0.4, 0.5) is 0 Å². The van der Waals surface area contributed by atoms with Gasteiger partial charge in [0.2, 0.25) is 11.8 Å². The minimum atomic E-state index is -0.791. The molecule has 1 aliphatic carbocycles. The normalized spacial score (nSPS) is 19.4. The van der Waals surface area contributed by atoms with Gasteiger partial charge in [-0.25, -0.2) is 0 Å². The van der Waals surface area contributed by atoms with Crippen LogP contribution in [-0.4, -0.2) is 35.8 Å². The maximum atomic E-state index is 12.0. The summed E-state index contributed by atoms with van der Waals surface area (Å²) in [5.74, 6) is -0.698. The van der Waals surface area contributed by atoms with E-state index in [2.05, 4.69) is 0 Å². The van der Waals surface area contributed by atoms with Gasteiger partial charge in [0.15, 0.2) is 0 Å². The lowest BCUT2D eigenvalue weighted by Gasteiger charge is -2.29. The molecule has 0 spiro atoms. The Bertz CT molecular complexity index is 273. The van der Waals surface area contributed by atoms with E-state index in [-0.39, 0.29) is 18.4 Å². The van der Waals surface area contributed by atoms with E-state index in [4.69, 9.17) is 11.5 Å². The Morgan fingerprint density at radius 3 is 2.24 bits per heavy atom. The molecule has 1 unspecified atom stereocenters. The van der Waals surface area contributed by atoms with Gasteiger partial charge in [0.05, 0.1) is 12.5 Å². The SMILES string of the molecule is CN(C(=O)C(N)CC(N)=O)C1CCCCCC1. The second-order valence-corrected chi connectivity index (χ2v) is 4.87. The van der Waals surface area contributed by atoms with Crippen molar-refractivity contribution >= 4 is 11.8 Å². The minimum Gasteiger partial charge on any atom is -0.370 e. The van der Waals surface area contributed by atoms with Crippen molar-refractivity contribution in [3.8, 4) is 0 Å². The number of carbonyl (C=O) groups is 2. The predicted octanol–water partition coefficient (Wildman–Crippen LogP) is 0.370. The van der Waals surface area contributed by atoms with Crippen molar-refractivity contribution in [2.24, 2.45) is 11.5 Å². The Hall–Kier alpha value is -1.10. The Morgan fingerprint density at radius 2 is 1.76 bits per heavy atom. The van der Waals surface area contributed by atoms with Crippen LogP contribution in [0.2, 0.25) is 0 Å². The zero-order valence-corrected chi connectivity index (χ0v) is 10.5. The van der Waals surface area contributed by atoms with Crippen molar-refractivity contribution in [1.29, 1.82) is 0 Å². The molecular weight excluding hydrogens is 218 g/mol. The van der Waals surface area contributed by atoms with Crippen molar-refractivity contribution in [1.82, 2.24) is 4.90 Å². The molecule has 1 saturated carbocycles. The number of likely N-dealkylation sites (N-methyl/N-ethyl adjacent to an activating group) is 1. The number of rotatable bonds is 4. The summed E-state index contributed by atoms with van der Waals surface area (Å²) in [4.78, 5) is 24.4. The van der Waals surface area contributed by atoms with Crippen LogP contribution in [0.3, 0.4) is 0 Å². The van der Waals surface area contributed by atoms with Crippen molar-refractivity contribution in [3.63, 3.8) is 0 Å². The van der Waals surface area contributed by atoms with E-state index in [1.807, 2.05) is 0 Å². The summed E-state index contributed by atoms with van der Waals surface area (Å²) in [6.07, 6.45) is 6.80. The topological polar surface area (TPSA) is 89.4 Å². The van der Waals surface area contributed by atoms with Crippen molar-refractivity contribution in [2.75, 3.05) is 7.05 Å². The first kappa shape index (κ1) is 14.0. The van der Waals surface area contributed by atoms with Crippen LogP contribution in [0.1, 0.15) is 44.9 Å². The number of hydrogen-bond donors (Lipinski definition) is 2. The molecular formula is C12H23N3O2. The molecule has 0 bridgehead atoms. The lowest BCUT2D eigenvalue weighted by atomic mass is 10.1. The standard InChI is InChI=1S/C12H23N3O2/c1-15(9-6-4-2-3-5-7-9)12(17)10(13)8-11(14)16/h9-10H,2-8,13H2,1H3,(H2,14,16). The van der Waals surface area contributed by atoms with Gasteiger partial charge in [0, 0.05) is 13.1 Å². The van der Waals surface area contributed by atoms with Crippen LogP contribution in [0, 0.1) is 0 Å². The number of nitrogens with two attached hydrogens (primary N) is 2. The average molecular weight is 241 g/mol. The second-order valence-electron chi connectivity index (χ2n) is 4.87. The first-order valence-corrected chi connectivity index (χ1v) is 6.33. The number of amides is 2. The van der Waals surface area contributed by atoms with Crippen LogP contribution in [0.15, 0.2) is 0 Å². The third-order valence-electron chi connectivity index (χ3n) is 3.46. The van der Waals surface area contributed by atoms with Gasteiger partial charge < -0.3 is 16.4 Å². The van der Waals surface area contributed by atoms with Crippen molar-refractivity contribution < 1.29 is 9.59 Å². The van der Waals surface area contributed by atoms with Crippen molar-refractivity contribution in [2.45, 2.75) is 57.0 Å². The Balaban J connectivity index is 2.51. The molecule has 0 heterocycles. The number of carbonyl (C=O) groups excluding carboxylic acids is 2. The number of hydrogen-bond acceptors (Lipinski definition) is 3. The Morgan fingerprint density at radius 1 is 1.24 bits per heavy atom. The van der Waals surface area contributed by atoms with E-state index in [9.17, 15) is 9.59 Å². The highest BCUT2D eigenvalue weighted by Gasteiger charge is 2.25. The van der Waals surface area contributed by atoms with Crippen LogP contribution < -0.4 is 11.5 Å². The van der Waals surface area contributed by atoms with Gasteiger partial charge >= 0.3 is 0 Å². The van der Waals surface area contributed by atoms with E-state index in [1.165, 1.54) is 12.8 Å². The van der Waals surface area contributed by atoms with Crippen LogP contribution >= 0.6 is 0 Å². The van der Waals surface area contributed by atoms with Crippen LogP contribution in [0.5, 0.6) is 0 Å². The van der Waals surface area contributed by atoms with E-state index < -0.39 is 11.9 Å². The molecule has 1 fully saturated rings. The van der Waals surface area contributed by atoms with Gasteiger partial charge in [0.1, 0.15) is 0 Å². The van der Waals surface area contributed by atoms with E-state index in [1.54, 1.807) is 11.9 Å². The van der Waals surface area contributed by atoms with Gasteiger partial charge in [-0.15, -0.1) is 0 Å². The fourth-order valence-electron chi connectivity index (χ4n) is 2.39. The summed E-state index contributed by atoms with van der Waals surface area (Å²) in [6.45, 7) is 0. The molecule has 98 valence electrons. The third kappa shape index (κ3) is 4.34. The summed E-state index contributed by atoms with van der Waals surface area (Å²) in [5.41, 5.74) is 10.7. The zero-order chi connectivity index (χ0) is 12.8. The molecule has 2 amide bonds. The van der Waals surface area contributed by atoms with Crippen molar-refractivity contribution in [3.05, 3.63) is 0 Å². The quantitative estimate of drug-likeness (QED) is 0.697. The molecule has 0 aromatic heterocycles. The maximum Gasteiger partial charge on any atom is 0.240 e. The lowest BCUT2D eigenvalue weighted by molar-refractivity contribution is -0.135. The summed E-state index contributed by atoms with van der Waals surface area (Å²) in [7, 11) is 1.78. The molecule has 0 aromatic carbocycles. The Labute approximate surface area is 103 Å². The minimum absolute atomic E-state index is 0.0735. The first-order valence-electron chi connectivity index (χ1n) is 6.33. The van der Waals surface area contributed by atoms with Crippen LogP contribution in [0.25, 0.3) is 0 Å².